The van der Waals surface area contributed by atoms with Crippen molar-refractivity contribution in [2.24, 2.45) is 0 Å². The largest absolute Gasteiger partial charge is 0.0795 e. The predicted octanol–water partition coefficient (Wildman–Crippen LogP) is 3.17. The highest BCUT2D eigenvalue weighted by atomic mass is 32.1. The van der Waals surface area contributed by atoms with Gasteiger partial charge < -0.3 is 0 Å². The second kappa shape index (κ2) is 2.59. The zero-order valence-corrected chi connectivity index (χ0v) is 7.38. The molecule has 1 heteroatoms. The molecule has 0 aliphatic heterocycles. The molecule has 0 fully saturated rings. The van der Waals surface area contributed by atoms with Crippen LogP contribution >= 0.6 is 12.6 Å². The molecule has 1 radical (unpaired) electrons. The Labute approximate surface area is 67.7 Å². The molecule has 0 bridgehead atoms. The lowest BCUT2D eigenvalue weighted by Gasteiger charge is -2.02. The molecule has 0 aliphatic rings. The molecule has 1 aromatic rings. The van der Waals surface area contributed by atoms with Crippen molar-refractivity contribution in [3.05, 3.63) is 28.8 Å². The van der Waals surface area contributed by atoms with Crippen molar-refractivity contribution in [2.45, 2.75) is 25.7 Å². The first kappa shape index (κ1) is 7.55. The van der Waals surface area contributed by atoms with E-state index in [0.29, 0.717) is 0 Å². The molecule has 1 aromatic carbocycles. The van der Waals surface area contributed by atoms with Crippen molar-refractivity contribution in [3.8, 4) is 0 Å². The van der Waals surface area contributed by atoms with Gasteiger partial charge >= 0.3 is 0 Å². The van der Waals surface area contributed by atoms with Crippen molar-refractivity contribution in [3.63, 3.8) is 0 Å². The summed E-state index contributed by atoms with van der Waals surface area (Å²) in [7, 11) is 0. The minimum Gasteiger partial charge on any atom is -0.0795 e. The van der Waals surface area contributed by atoms with Gasteiger partial charge in [-0.05, 0) is 31.9 Å². The van der Waals surface area contributed by atoms with E-state index in [1.165, 1.54) is 16.7 Å². The van der Waals surface area contributed by atoms with E-state index in [0.717, 1.165) is 4.90 Å². The Morgan fingerprint density at radius 1 is 1.00 bits per heavy atom. The van der Waals surface area contributed by atoms with Crippen LogP contribution in [0.2, 0.25) is 0 Å². The van der Waals surface area contributed by atoms with Gasteiger partial charge in [-0.3, -0.25) is 0 Å². The first-order valence-corrected chi connectivity index (χ1v) is 3.77. The molecule has 0 spiro atoms. The summed E-state index contributed by atoms with van der Waals surface area (Å²) in [5, 5.41) is 0. The van der Waals surface area contributed by atoms with Crippen LogP contribution in [0.15, 0.2) is 17.0 Å². The Hall–Kier alpha value is -0.560. The second-order valence-corrected chi connectivity index (χ2v) is 3.14. The van der Waals surface area contributed by atoms with Gasteiger partial charge in [0.25, 0.3) is 0 Å². The fourth-order valence-corrected chi connectivity index (χ4v) is 1.28. The van der Waals surface area contributed by atoms with Gasteiger partial charge in [0.2, 0.25) is 0 Å². The van der Waals surface area contributed by atoms with Crippen molar-refractivity contribution < 1.29 is 0 Å². The molecular formula is C9H11S. The van der Waals surface area contributed by atoms with Crippen LogP contribution in [0.1, 0.15) is 16.7 Å². The van der Waals surface area contributed by atoms with Crippen LogP contribution in [0, 0.1) is 20.8 Å². The van der Waals surface area contributed by atoms with E-state index in [1.807, 2.05) is 0 Å². The summed E-state index contributed by atoms with van der Waals surface area (Å²) in [5.74, 6) is 0. The number of benzene rings is 1. The Morgan fingerprint density at radius 3 is 1.80 bits per heavy atom. The molecule has 0 N–H and O–H groups in total. The van der Waals surface area contributed by atoms with Crippen LogP contribution < -0.4 is 0 Å². The van der Waals surface area contributed by atoms with Gasteiger partial charge in [-0.1, -0.05) is 30.3 Å². The molecule has 0 saturated carbocycles. The summed E-state index contributed by atoms with van der Waals surface area (Å²) >= 11 is 5.15. The standard InChI is InChI=1S/C9H11S/c1-6-4-7(2)9(10)8(3)5-6/h4-5H,1-3H3. The predicted molar refractivity (Wildman–Crippen MR) is 46.5 cm³/mol. The van der Waals surface area contributed by atoms with E-state index < -0.39 is 0 Å². The van der Waals surface area contributed by atoms with Gasteiger partial charge in [0.05, 0.1) is 0 Å². The van der Waals surface area contributed by atoms with Gasteiger partial charge in [0, 0.05) is 4.90 Å². The van der Waals surface area contributed by atoms with Crippen LogP contribution in [0.3, 0.4) is 0 Å². The molecular weight excluding hydrogens is 140 g/mol. The molecule has 0 unspecified atom stereocenters. The zero-order chi connectivity index (χ0) is 7.72. The van der Waals surface area contributed by atoms with E-state index in [1.54, 1.807) is 0 Å². The van der Waals surface area contributed by atoms with Crippen molar-refractivity contribution in [1.29, 1.82) is 0 Å². The van der Waals surface area contributed by atoms with Crippen LogP contribution in [-0.2, 0) is 0 Å². The average Bonchev–Trinajstić information content (AvgIpc) is 1.82. The minimum absolute atomic E-state index is 1.01. The second-order valence-electron chi connectivity index (χ2n) is 2.73. The highest BCUT2D eigenvalue weighted by Gasteiger charge is 1.98. The fourth-order valence-electron chi connectivity index (χ4n) is 1.17. The Bertz CT molecular complexity index is 228. The highest BCUT2D eigenvalue weighted by molar-refractivity contribution is 7.80. The third-order valence-corrected chi connectivity index (χ3v) is 2.25. The third kappa shape index (κ3) is 1.29. The number of hydrogen-bond donors (Lipinski definition) is 0. The van der Waals surface area contributed by atoms with Gasteiger partial charge in [0.15, 0.2) is 0 Å². The Balaban J connectivity index is 3.31. The fraction of sp³-hybridized carbons (Fsp3) is 0.333. The van der Waals surface area contributed by atoms with E-state index >= 15 is 0 Å². The summed E-state index contributed by atoms with van der Waals surface area (Å²) in [4.78, 5) is 1.01. The van der Waals surface area contributed by atoms with Crippen molar-refractivity contribution in [2.75, 3.05) is 0 Å². The molecule has 0 atom stereocenters. The number of rotatable bonds is 0. The van der Waals surface area contributed by atoms with Gasteiger partial charge in [-0.2, -0.15) is 0 Å². The van der Waals surface area contributed by atoms with Crippen LogP contribution in [0.25, 0.3) is 0 Å². The topological polar surface area (TPSA) is 0 Å². The normalized spacial score (nSPS) is 9.90. The molecule has 0 amide bonds. The lowest BCUT2D eigenvalue weighted by atomic mass is 10.1. The maximum absolute atomic E-state index is 5.15. The number of hydrogen-bond acceptors (Lipinski definition) is 0. The zero-order valence-electron chi connectivity index (χ0n) is 6.56. The molecule has 0 heterocycles. The van der Waals surface area contributed by atoms with Crippen molar-refractivity contribution in [1.82, 2.24) is 0 Å². The molecule has 0 nitrogen and oxygen atoms in total. The third-order valence-electron chi connectivity index (χ3n) is 1.60. The summed E-state index contributed by atoms with van der Waals surface area (Å²) in [6.45, 7) is 6.21. The maximum Gasteiger partial charge on any atom is 0.0435 e. The van der Waals surface area contributed by atoms with Crippen LogP contribution in [0.5, 0.6) is 0 Å². The quantitative estimate of drug-likeness (QED) is 0.534. The van der Waals surface area contributed by atoms with Crippen LogP contribution in [0.4, 0.5) is 0 Å². The Kier molecular flexibility index (Phi) is 1.95. The summed E-state index contributed by atoms with van der Waals surface area (Å²) in [6.07, 6.45) is 0. The average molecular weight is 151 g/mol. The van der Waals surface area contributed by atoms with Gasteiger partial charge in [-0.15, -0.1) is 0 Å². The molecule has 0 aromatic heterocycles. The minimum atomic E-state index is 1.01. The summed E-state index contributed by atoms with van der Waals surface area (Å²) in [5.41, 5.74) is 3.73. The smallest absolute Gasteiger partial charge is 0.0435 e. The van der Waals surface area contributed by atoms with E-state index in [2.05, 4.69) is 32.9 Å². The molecule has 0 aliphatic carbocycles. The SMILES string of the molecule is Cc1cc(C)c([S])c(C)c1. The maximum atomic E-state index is 5.15. The Morgan fingerprint density at radius 2 is 1.40 bits per heavy atom. The summed E-state index contributed by atoms with van der Waals surface area (Å²) in [6, 6.07) is 4.24. The molecule has 10 heavy (non-hydrogen) atoms. The number of aryl methyl sites for hydroxylation is 3. The van der Waals surface area contributed by atoms with E-state index in [9.17, 15) is 0 Å². The van der Waals surface area contributed by atoms with Crippen LogP contribution in [-0.4, -0.2) is 0 Å². The molecule has 1 rings (SSSR count). The molecule has 0 saturated heterocycles. The lowest BCUT2D eigenvalue weighted by Crippen LogP contribution is -1.83. The summed E-state index contributed by atoms with van der Waals surface area (Å²) < 4.78 is 0. The first-order chi connectivity index (χ1) is 4.61. The van der Waals surface area contributed by atoms with E-state index in [-0.39, 0.29) is 0 Å². The van der Waals surface area contributed by atoms with E-state index in [4.69, 9.17) is 12.6 Å². The highest BCUT2D eigenvalue weighted by Crippen LogP contribution is 2.19. The van der Waals surface area contributed by atoms with Crippen molar-refractivity contribution >= 4 is 12.6 Å². The first-order valence-electron chi connectivity index (χ1n) is 3.36. The monoisotopic (exact) mass is 151 g/mol. The lowest BCUT2D eigenvalue weighted by molar-refractivity contribution is 1.20. The van der Waals surface area contributed by atoms with Gasteiger partial charge in [0.1, 0.15) is 0 Å². The molecule has 53 valence electrons. The van der Waals surface area contributed by atoms with Gasteiger partial charge in [-0.25, -0.2) is 0 Å².